The quantitative estimate of drug-likeness (QED) is 0.632. The van der Waals surface area contributed by atoms with Gasteiger partial charge in [-0.05, 0) is 32.5 Å². The van der Waals surface area contributed by atoms with E-state index in [1.54, 1.807) is 0 Å². The van der Waals surface area contributed by atoms with Crippen molar-refractivity contribution in [1.29, 1.82) is 0 Å². The standard InChI is InChI=1S/C18H32N6/c1-5-22(16(2)3)11-10-21-18(19-4)24-14-12-23(13-15-24)17-8-6-7-9-20-17/h6-9,16H,5,10-15H2,1-4H3,(H,19,21). The van der Waals surface area contributed by atoms with E-state index in [-0.39, 0.29) is 0 Å². The summed E-state index contributed by atoms with van der Waals surface area (Å²) in [6.45, 7) is 13.7. The Morgan fingerprint density at radius 1 is 1.29 bits per heavy atom. The zero-order valence-corrected chi connectivity index (χ0v) is 15.6. The molecule has 0 atom stereocenters. The molecule has 1 aliphatic heterocycles. The lowest BCUT2D eigenvalue weighted by Crippen LogP contribution is -2.53. The number of nitrogens with zero attached hydrogens (tertiary/aromatic N) is 5. The largest absolute Gasteiger partial charge is 0.355 e. The molecular weight excluding hydrogens is 300 g/mol. The number of hydrogen-bond donors (Lipinski definition) is 1. The van der Waals surface area contributed by atoms with Crippen molar-refractivity contribution in [2.24, 2.45) is 4.99 Å². The van der Waals surface area contributed by atoms with Crippen molar-refractivity contribution in [3.63, 3.8) is 0 Å². The molecule has 1 N–H and O–H groups in total. The molecule has 6 heteroatoms. The van der Waals surface area contributed by atoms with Gasteiger partial charge in [-0.2, -0.15) is 0 Å². The van der Waals surface area contributed by atoms with Crippen LogP contribution in [0, 0.1) is 0 Å². The van der Waals surface area contributed by atoms with E-state index in [0.29, 0.717) is 6.04 Å². The molecule has 0 bridgehead atoms. The first-order valence-corrected chi connectivity index (χ1v) is 9.01. The maximum Gasteiger partial charge on any atom is 0.193 e. The van der Waals surface area contributed by atoms with Crippen molar-refractivity contribution in [2.75, 3.05) is 57.8 Å². The molecular formula is C18H32N6. The van der Waals surface area contributed by atoms with Gasteiger partial charge in [-0.1, -0.05) is 13.0 Å². The Hall–Kier alpha value is -1.82. The highest BCUT2D eigenvalue weighted by atomic mass is 15.4. The highest BCUT2D eigenvalue weighted by molar-refractivity contribution is 5.80. The minimum atomic E-state index is 0.584. The fourth-order valence-corrected chi connectivity index (χ4v) is 3.11. The second-order valence-corrected chi connectivity index (χ2v) is 6.36. The zero-order chi connectivity index (χ0) is 17.4. The van der Waals surface area contributed by atoms with Crippen LogP contribution in [0.4, 0.5) is 5.82 Å². The van der Waals surface area contributed by atoms with Crippen LogP contribution in [0.3, 0.4) is 0 Å². The van der Waals surface area contributed by atoms with Gasteiger partial charge in [0.05, 0.1) is 0 Å². The molecule has 1 aromatic rings. The normalized spacial score (nSPS) is 16.2. The van der Waals surface area contributed by atoms with E-state index in [9.17, 15) is 0 Å². The first-order chi connectivity index (χ1) is 11.7. The molecule has 0 radical (unpaired) electrons. The van der Waals surface area contributed by atoms with Crippen molar-refractivity contribution in [2.45, 2.75) is 26.8 Å². The van der Waals surface area contributed by atoms with E-state index in [4.69, 9.17) is 0 Å². The maximum atomic E-state index is 4.46. The zero-order valence-electron chi connectivity index (χ0n) is 15.6. The summed E-state index contributed by atoms with van der Waals surface area (Å²) in [4.78, 5) is 16.0. The molecule has 134 valence electrons. The monoisotopic (exact) mass is 332 g/mol. The molecule has 0 aromatic carbocycles. The molecule has 0 unspecified atom stereocenters. The van der Waals surface area contributed by atoms with Gasteiger partial charge >= 0.3 is 0 Å². The Kier molecular flexibility index (Phi) is 7.31. The molecule has 0 saturated carbocycles. The van der Waals surface area contributed by atoms with E-state index >= 15 is 0 Å². The Labute approximate surface area is 146 Å². The number of hydrogen-bond acceptors (Lipinski definition) is 4. The summed E-state index contributed by atoms with van der Waals surface area (Å²) in [5, 5.41) is 3.51. The van der Waals surface area contributed by atoms with Gasteiger partial charge < -0.3 is 15.1 Å². The van der Waals surface area contributed by atoms with Crippen LogP contribution in [-0.2, 0) is 0 Å². The molecule has 24 heavy (non-hydrogen) atoms. The van der Waals surface area contributed by atoms with E-state index in [2.05, 4.69) is 56.8 Å². The molecule has 1 aromatic heterocycles. The smallest absolute Gasteiger partial charge is 0.193 e. The average molecular weight is 332 g/mol. The van der Waals surface area contributed by atoms with Crippen molar-refractivity contribution >= 4 is 11.8 Å². The first kappa shape index (κ1) is 18.5. The third-order valence-corrected chi connectivity index (χ3v) is 4.58. The number of nitrogens with one attached hydrogen (secondary N) is 1. The van der Waals surface area contributed by atoms with E-state index in [0.717, 1.165) is 57.6 Å². The van der Waals surface area contributed by atoms with Gasteiger partial charge in [-0.25, -0.2) is 4.98 Å². The predicted octanol–water partition coefficient (Wildman–Crippen LogP) is 1.51. The van der Waals surface area contributed by atoms with Crippen LogP contribution in [0.5, 0.6) is 0 Å². The van der Waals surface area contributed by atoms with Crippen LogP contribution < -0.4 is 10.2 Å². The molecule has 1 saturated heterocycles. The maximum absolute atomic E-state index is 4.46. The number of pyridine rings is 1. The van der Waals surface area contributed by atoms with Crippen LogP contribution >= 0.6 is 0 Å². The van der Waals surface area contributed by atoms with Gasteiger partial charge in [0.1, 0.15) is 5.82 Å². The van der Waals surface area contributed by atoms with Gasteiger partial charge in [0.25, 0.3) is 0 Å². The third kappa shape index (κ3) is 5.09. The predicted molar refractivity (Wildman–Crippen MR) is 102 cm³/mol. The number of piperazine rings is 1. The highest BCUT2D eigenvalue weighted by Gasteiger charge is 2.20. The second kappa shape index (κ2) is 9.47. The molecule has 2 rings (SSSR count). The summed E-state index contributed by atoms with van der Waals surface area (Å²) in [6, 6.07) is 6.67. The molecule has 1 fully saturated rings. The number of anilines is 1. The Bertz CT molecular complexity index is 493. The SMILES string of the molecule is CCN(CCNC(=NC)N1CCN(c2ccccn2)CC1)C(C)C. The summed E-state index contributed by atoms with van der Waals surface area (Å²) in [6.07, 6.45) is 1.86. The van der Waals surface area contributed by atoms with Gasteiger partial charge in [-0.15, -0.1) is 0 Å². The third-order valence-electron chi connectivity index (χ3n) is 4.58. The average Bonchev–Trinajstić information content (AvgIpc) is 2.62. The van der Waals surface area contributed by atoms with Gasteiger partial charge in [0, 0.05) is 58.6 Å². The van der Waals surface area contributed by atoms with Crippen LogP contribution in [0.2, 0.25) is 0 Å². The summed E-state index contributed by atoms with van der Waals surface area (Å²) in [7, 11) is 1.87. The van der Waals surface area contributed by atoms with Crippen molar-refractivity contribution in [3.05, 3.63) is 24.4 Å². The molecule has 6 nitrogen and oxygen atoms in total. The van der Waals surface area contributed by atoms with Crippen molar-refractivity contribution in [3.8, 4) is 0 Å². The number of guanidine groups is 1. The summed E-state index contributed by atoms with van der Waals surface area (Å²) < 4.78 is 0. The summed E-state index contributed by atoms with van der Waals surface area (Å²) >= 11 is 0. The van der Waals surface area contributed by atoms with Gasteiger partial charge in [-0.3, -0.25) is 9.89 Å². The van der Waals surface area contributed by atoms with Gasteiger partial charge in [0.2, 0.25) is 0 Å². The summed E-state index contributed by atoms with van der Waals surface area (Å²) in [5.41, 5.74) is 0. The Balaban J connectivity index is 1.79. The van der Waals surface area contributed by atoms with Crippen LogP contribution in [0.1, 0.15) is 20.8 Å². The second-order valence-electron chi connectivity index (χ2n) is 6.36. The Morgan fingerprint density at radius 3 is 2.58 bits per heavy atom. The van der Waals surface area contributed by atoms with Crippen LogP contribution in [0.25, 0.3) is 0 Å². The van der Waals surface area contributed by atoms with Gasteiger partial charge in [0.15, 0.2) is 5.96 Å². The van der Waals surface area contributed by atoms with E-state index in [1.807, 2.05) is 25.4 Å². The fourth-order valence-electron chi connectivity index (χ4n) is 3.11. The first-order valence-electron chi connectivity index (χ1n) is 9.01. The Morgan fingerprint density at radius 2 is 2.04 bits per heavy atom. The fraction of sp³-hybridized carbons (Fsp3) is 0.667. The number of likely N-dealkylation sites (N-methyl/N-ethyl adjacent to an activating group) is 1. The minimum absolute atomic E-state index is 0.584. The minimum Gasteiger partial charge on any atom is -0.355 e. The highest BCUT2D eigenvalue weighted by Crippen LogP contribution is 2.12. The summed E-state index contributed by atoms with van der Waals surface area (Å²) in [5.74, 6) is 2.08. The lowest BCUT2D eigenvalue weighted by molar-refractivity contribution is 0.236. The van der Waals surface area contributed by atoms with Crippen LogP contribution in [-0.4, -0.2) is 79.6 Å². The molecule has 0 spiro atoms. The van der Waals surface area contributed by atoms with E-state index in [1.165, 1.54) is 0 Å². The van der Waals surface area contributed by atoms with E-state index < -0.39 is 0 Å². The molecule has 0 amide bonds. The topological polar surface area (TPSA) is 47.0 Å². The molecule has 1 aliphatic rings. The molecule has 0 aliphatic carbocycles. The van der Waals surface area contributed by atoms with Crippen molar-refractivity contribution in [1.82, 2.24) is 20.1 Å². The van der Waals surface area contributed by atoms with Crippen LogP contribution in [0.15, 0.2) is 29.4 Å². The molecule has 2 heterocycles. The lowest BCUT2D eigenvalue weighted by atomic mass is 10.3. The van der Waals surface area contributed by atoms with Crippen molar-refractivity contribution < 1.29 is 0 Å². The number of rotatable bonds is 6. The number of aliphatic imine (C=N–C) groups is 1. The lowest BCUT2D eigenvalue weighted by Gasteiger charge is -2.37. The number of aromatic nitrogens is 1.